The van der Waals surface area contributed by atoms with Crippen molar-refractivity contribution in [2.45, 2.75) is 39.3 Å². The second kappa shape index (κ2) is 5.61. The molecule has 106 valence electrons. The molecule has 0 spiro atoms. The number of amides is 1. The zero-order chi connectivity index (χ0) is 14.0. The minimum Gasteiger partial charge on any atom is -0.395 e. The number of rotatable bonds is 3. The van der Waals surface area contributed by atoms with E-state index < -0.39 is 0 Å². The molecule has 2 heterocycles. The number of aryl methyl sites for hydroxylation is 2. The van der Waals surface area contributed by atoms with Crippen LogP contribution in [0.5, 0.6) is 0 Å². The number of nitrogens with zero attached hydrogens (tertiary/aromatic N) is 3. The number of hydrogen-bond donors (Lipinski definition) is 1. The summed E-state index contributed by atoms with van der Waals surface area (Å²) in [5.41, 5.74) is 7.73. The Morgan fingerprint density at radius 1 is 1.47 bits per heavy atom. The third-order valence-corrected chi connectivity index (χ3v) is 3.74. The van der Waals surface area contributed by atoms with Crippen LogP contribution in [0.15, 0.2) is 0 Å². The first-order valence-electron chi connectivity index (χ1n) is 6.73. The molecule has 0 unspecified atom stereocenters. The highest BCUT2D eigenvalue weighted by Gasteiger charge is 2.27. The Balaban J connectivity index is 2.16. The fourth-order valence-electron chi connectivity index (χ4n) is 2.49. The van der Waals surface area contributed by atoms with Gasteiger partial charge in [0, 0.05) is 26.7 Å². The van der Waals surface area contributed by atoms with Gasteiger partial charge in [-0.1, -0.05) is 0 Å². The first-order chi connectivity index (χ1) is 9.08. The van der Waals surface area contributed by atoms with Crippen LogP contribution in [0.2, 0.25) is 0 Å². The Morgan fingerprint density at radius 2 is 2.11 bits per heavy atom. The number of nitrogen functional groups attached to an aromatic ring is 1. The summed E-state index contributed by atoms with van der Waals surface area (Å²) in [4.78, 5) is 14.4. The fraction of sp³-hybridized carbons (Fsp3) is 0.692. The summed E-state index contributed by atoms with van der Waals surface area (Å²) in [6.45, 7) is 5.86. The zero-order valence-corrected chi connectivity index (χ0v) is 11.8. The number of methoxy groups -OCH3 is 1. The lowest BCUT2D eigenvalue weighted by Crippen LogP contribution is -2.41. The molecule has 1 amide bonds. The SMILES string of the molecule is CCn1nc(C)c(N)c1C(=O)N1CCC(OC)CC1. The molecule has 1 aliphatic rings. The molecular formula is C13H22N4O2. The Morgan fingerprint density at radius 3 is 2.63 bits per heavy atom. The van der Waals surface area contributed by atoms with E-state index in [1.54, 1.807) is 11.8 Å². The highest BCUT2D eigenvalue weighted by Crippen LogP contribution is 2.21. The first-order valence-corrected chi connectivity index (χ1v) is 6.73. The third kappa shape index (κ3) is 2.58. The van der Waals surface area contributed by atoms with E-state index in [0.717, 1.165) is 18.5 Å². The van der Waals surface area contributed by atoms with Crippen molar-refractivity contribution in [2.75, 3.05) is 25.9 Å². The van der Waals surface area contributed by atoms with E-state index in [9.17, 15) is 4.79 Å². The second-order valence-corrected chi connectivity index (χ2v) is 4.89. The van der Waals surface area contributed by atoms with Gasteiger partial charge in [0.1, 0.15) is 5.69 Å². The molecular weight excluding hydrogens is 244 g/mol. The number of carbonyl (C=O) groups is 1. The van der Waals surface area contributed by atoms with Crippen LogP contribution in [-0.2, 0) is 11.3 Å². The van der Waals surface area contributed by atoms with E-state index in [4.69, 9.17) is 10.5 Å². The van der Waals surface area contributed by atoms with Gasteiger partial charge in [-0.25, -0.2) is 0 Å². The topological polar surface area (TPSA) is 73.4 Å². The van der Waals surface area contributed by atoms with Gasteiger partial charge in [0.15, 0.2) is 0 Å². The second-order valence-electron chi connectivity index (χ2n) is 4.89. The van der Waals surface area contributed by atoms with Crippen LogP contribution in [0.1, 0.15) is 35.9 Å². The van der Waals surface area contributed by atoms with Gasteiger partial charge in [-0.05, 0) is 26.7 Å². The highest BCUT2D eigenvalue weighted by atomic mass is 16.5. The molecule has 1 saturated heterocycles. The van der Waals surface area contributed by atoms with E-state index in [-0.39, 0.29) is 12.0 Å². The van der Waals surface area contributed by atoms with Crippen LogP contribution >= 0.6 is 0 Å². The van der Waals surface area contributed by atoms with Crippen LogP contribution in [0.4, 0.5) is 5.69 Å². The van der Waals surface area contributed by atoms with E-state index in [1.807, 2.05) is 18.7 Å². The van der Waals surface area contributed by atoms with Gasteiger partial charge in [0.05, 0.1) is 17.5 Å². The summed E-state index contributed by atoms with van der Waals surface area (Å²) in [5.74, 6) is -0.0190. The number of ether oxygens (including phenoxy) is 1. The van der Waals surface area contributed by atoms with Crippen molar-refractivity contribution >= 4 is 11.6 Å². The lowest BCUT2D eigenvalue weighted by molar-refractivity contribution is 0.0345. The summed E-state index contributed by atoms with van der Waals surface area (Å²) < 4.78 is 7.01. The maximum Gasteiger partial charge on any atom is 0.274 e. The van der Waals surface area contributed by atoms with Crippen molar-refractivity contribution in [3.8, 4) is 0 Å². The van der Waals surface area contributed by atoms with Gasteiger partial charge < -0.3 is 15.4 Å². The van der Waals surface area contributed by atoms with Crippen LogP contribution in [-0.4, -0.2) is 46.9 Å². The Labute approximate surface area is 113 Å². The summed E-state index contributed by atoms with van der Waals surface area (Å²) in [6, 6.07) is 0. The molecule has 1 aromatic heterocycles. The van der Waals surface area contributed by atoms with Crippen LogP contribution in [0.25, 0.3) is 0 Å². The summed E-state index contributed by atoms with van der Waals surface area (Å²) in [5, 5.41) is 4.30. The van der Waals surface area contributed by atoms with Crippen molar-refractivity contribution in [1.29, 1.82) is 0 Å². The van der Waals surface area contributed by atoms with E-state index in [1.165, 1.54) is 0 Å². The Bertz CT molecular complexity index is 461. The molecule has 0 radical (unpaired) electrons. The van der Waals surface area contributed by atoms with E-state index in [2.05, 4.69) is 5.10 Å². The molecule has 2 N–H and O–H groups in total. The molecule has 2 rings (SSSR count). The molecule has 0 bridgehead atoms. The molecule has 6 heteroatoms. The average Bonchev–Trinajstić information content (AvgIpc) is 2.73. The predicted octanol–water partition coefficient (Wildman–Crippen LogP) is 1.04. The minimum atomic E-state index is -0.0190. The lowest BCUT2D eigenvalue weighted by Gasteiger charge is -2.31. The normalized spacial score (nSPS) is 16.9. The van der Waals surface area contributed by atoms with Crippen LogP contribution in [0.3, 0.4) is 0 Å². The Kier molecular flexibility index (Phi) is 4.09. The summed E-state index contributed by atoms with van der Waals surface area (Å²) in [7, 11) is 1.72. The standard InChI is InChI=1S/C13H22N4O2/c1-4-17-12(11(14)9(2)15-17)13(18)16-7-5-10(19-3)6-8-16/h10H,4-8,14H2,1-3H3. The molecule has 19 heavy (non-hydrogen) atoms. The van der Waals surface area contributed by atoms with Crippen molar-refractivity contribution in [2.24, 2.45) is 0 Å². The summed E-state index contributed by atoms with van der Waals surface area (Å²) >= 11 is 0. The monoisotopic (exact) mass is 266 g/mol. The van der Waals surface area contributed by atoms with Crippen molar-refractivity contribution in [3.05, 3.63) is 11.4 Å². The van der Waals surface area contributed by atoms with Gasteiger partial charge in [0.2, 0.25) is 0 Å². The van der Waals surface area contributed by atoms with Crippen molar-refractivity contribution in [3.63, 3.8) is 0 Å². The fourth-order valence-corrected chi connectivity index (χ4v) is 2.49. The number of nitrogens with two attached hydrogens (primary N) is 1. The number of aromatic nitrogens is 2. The van der Waals surface area contributed by atoms with E-state index >= 15 is 0 Å². The zero-order valence-electron chi connectivity index (χ0n) is 11.8. The molecule has 1 fully saturated rings. The molecule has 0 saturated carbocycles. The van der Waals surface area contributed by atoms with Crippen LogP contribution < -0.4 is 5.73 Å². The number of carbonyl (C=O) groups excluding carboxylic acids is 1. The van der Waals surface area contributed by atoms with Gasteiger partial charge in [0.25, 0.3) is 5.91 Å². The Hall–Kier alpha value is -1.56. The van der Waals surface area contributed by atoms with Gasteiger partial charge in [-0.3, -0.25) is 9.48 Å². The van der Waals surface area contributed by atoms with Crippen molar-refractivity contribution < 1.29 is 9.53 Å². The molecule has 1 aliphatic heterocycles. The van der Waals surface area contributed by atoms with Crippen LogP contribution in [0, 0.1) is 6.92 Å². The van der Waals surface area contributed by atoms with Crippen molar-refractivity contribution in [1.82, 2.24) is 14.7 Å². The van der Waals surface area contributed by atoms with E-state index in [0.29, 0.717) is 31.0 Å². The molecule has 0 aliphatic carbocycles. The minimum absolute atomic E-state index is 0.0190. The lowest BCUT2D eigenvalue weighted by atomic mass is 10.1. The maximum atomic E-state index is 12.6. The largest absolute Gasteiger partial charge is 0.395 e. The highest BCUT2D eigenvalue weighted by molar-refractivity contribution is 5.98. The molecule has 1 aromatic rings. The maximum absolute atomic E-state index is 12.6. The smallest absolute Gasteiger partial charge is 0.274 e. The first kappa shape index (κ1) is 13.9. The number of hydrogen-bond acceptors (Lipinski definition) is 4. The molecule has 0 atom stereocenters. The third-order valence-electron chi connectivity index (χ3n) is 3.74. The number of piperidine rings is 1. The molecule has 0 aromatic carbocycles. The van der Waals surface area contributed by atoms with Gasteiger partial charge >= 0.3 is 0 Å². The number of anilines is 1. The van der Waals surface area contributed by atoms with Gasteiger partial charge in [-0.2, -0.15) is 5.10 Å². The predicted molar refractivity (Wildman–Crippen MR) is 73.0 cm³/mol. The van der Waals surface area contributed by atoms with Gasteiger partial charge in [-0.15, -0.1) is 0 Å². The average molecular weight is 266 g/mol. The summed E-state index contributed by atoms with van der Waals surface area (Å²) in [6.07, 6.45) is 2.02. The quantitative estimate of drug-likeness (QED) is 0.887. The molecule has 6 nitrogen and oxygen atoms in total. The number of likely N-dealkylation sites (tertiary alicyclic amines) is 1.